The van der Waals surface area contributed by atoms with Gasteiger partial charge in [0.15, 0.2) is 0 Å². The predicted molar refractivity (Wildman–Crippen MR) is 116 cm³/mol. The van der Waals surface area contributed by atoms with Crippen molar-refractivity contribution in [1.82, 2.24) is 15.3 Å². The van der Waals surface area contributed by atoms with Crippen molar-refractivity contribution in [2.75, 3.05) is 0 Å². The van der Waals surface area contributed by atoms with Crippen molar-refractivity contribution in [3.05, 3.63) is 35.3 Å². The molecule has 5 nitrogen and oxygen atoms in total. The topological polar surface area (TPSA) is 59.2 Å². The van der Waals surface area contributed by atoms with Gasteiger partial charge in [0.25, 0.3) is 0 Å². The molecule has 2 atom stereocenters. The molecule has 2 N–H and O–H groups in total. The van der Waals surface area contributed by atoms with E-state index in [-0.39, 0.29) is 18.3 Å². The van der Waals surface area contributed by atoms with E-state index >= 15 is 0 Å². The first-order chi connectivity index (χ1) is 13.7. The fourth-order valence-electron chi connectivity index (χ4n) is 4.97. The van der Waals surface area contributed by atoms with Crippen molar-refractivity contribution in [2.45, 2.75) is 90.0 Å². The van der Waals surface area contributed by atoms with E-state index in [0.29, 0.717) is 12.1 Å². The largest absolute Gasteiger partial charge is 0.495 e. The summed E-state index contributed by atoms with van der Waals surface area (Å²) in [5.74, 6) is 1.06. The Hall–Kier alpha value is -1.63. The Kier molecular flexibility index (Phi) is 4.46. The Morgan fingerprint density at radius 3 is 2.45 bits per heavy atom. The number of imidazole rings is 1. The molecular formula is C23H32BN3O2. The molecule has 3 heterocycles. The molecule has 0 saturated carbocycles. The van der Waals surface area contributed by atoms with Crippen LogP contribution in [0, 0.1) is 0 Å². The van der Waals surface area contributed by atoms with E-state index < -0.39 is 0 Å². The molecule has 0 amide bonds. The lowest BCUT2D eigenvalue weighted by atomic mass is 9.74. The van der Waals surface area contributed by atoms with Crippen molar-refractivity contribution in [3.8, 4) is 11.3 Å². The lowest BCUT2D eigenvalue weighted by Crippen LogP contribution is -2.41. The smallest absolute Gasteiger partial charge is 0.399 e. The SMILES string of the molecule is C[C@H]1CC[C@@H](c2ncc(-c3ccc(B4OC(C)(C)C(C)(C)O4)c4c3CCC4)[nH]2)N1. The monoisotopic (exact) mass is 393 g/mol. The molecular weight excluding hydrogens is 361 g/mol. The molecule has 2 aromatic rings. The van der Waals surface area contributed by atoms with Crippen LogP contribution in [-0.2, 0) is 22.2 Å². The molecule has 6 heteroatoms. The summed E-state index contributed by atoms with van der Waals surface area (Å²) in [6.07, 6.45) is 7.73. The average molecular weight is 393 g/mol. The fraction of sp³-hybridized carbons (Fsp3) is 0.609. The highest BCUT2D eigenvalue weighted by molar-refractivity contribution is 6.62. The first kappa shape index (κ1) is 19.3. The van der Waals surface area contributed by atoms with Crippen LogP contribution in [0.5, 0.6) is 0 Å². The van der Waals surface area contributed by atoms with Crippen LogP contribution >= 0.6 is 0 Å². The van der Waals surface area contributed by atoms with Gasteiger partial charge in [-0.05, 0) is 83.3 Å². The van der Waals surface area contributed by atoms with Gasteiger partial charge in [-0.15, -0.1) is 0 Å². The molecule has 3 aliphatic rings. The second-order valence-electron chi connectivity index (χ2n) is 9.98. The van der Waals surface area contributed by atoms with Crippen LogP contribution in [0.4, 0.5) is 0 Å². The van der Waals surface area contributed by atoms with E-state index in [9.17, 15) is 0 Å². The number of hydrogen-bond acceptors (Lipinski definition) is 4. The molecule has 0 radical (unpaired) electrons. The van der Waals surface area contributed by atoms with Crippen LogP contribution in [0.2, 0.25) is 0 Å². The zero-order valence-electron chi connectivity index (χ0n) is 18.3. The summed E-state index contributed by atoms with van der Waals surface area (Å²) in [6, 6.07) is 5.35. The first-order valence-corrected chi connectivity index (χ1v) is 11.1. The maximum Gasteiger partial charge on any atom is 0.495 e. The summed E-state index contributed by atoms with van der Waals surface area (Å²) in [7, 11) is -0.289. The number of aromatic nitrogens is 2. The van der Waals surface area contributed by atoms with Crippen LogP contribution in [0.15, 0.2) is 18.3 Å². The summed E-state index contributed by atoms with van der Waals surface area (Å²) in [6.45, 7) is 10.7. The number of fused-ring (bicyclic) bond motifs is 1. The molecule has 0 unspecified atom stereocenters. The van der Waals surface area contributed by atoms with Crippen LogP contribution in [0.25, 0.3) is 11.3 Å². The first-order valence-electron chi connectivity index (χ1n) is 11.1. The molecule has 2 fully saturated rings. The van der Waals surface area contributed by atoms with E-state index in [4.69, 9.17) is 14.3 Å². The molecule has 1 aliphatic carbocycles. The lowest BCUT2D eigenvalue weighted by molar-refractivity contribution is 0.00578. The summed E-state index contributed by atoms with van der Waals surface area (Å²) in [5.41, 5.74) is 5.82. The number of rotatable bonds is 3. The van der Waals surface area contributed by atoms with E-state index in [1.807, 2.05) is 6.20 Å². The van der Waals surface area contributed by atoms with Gasteiger partial charge in [0.2, 0.25) is 0 Å². The molecule has 2 saturated heterocycles. The third-order valence-electron chi connectivity index (χ3n) is 7.42. The maximum absolute atomic E-state index is 6.35. The van der Waals surface area contributed by atoms with Gasteiger partial charge >= 0.3 is 7.12 Å². The number of hydrogen-bond donors (Lipinski definition) is 2. The quantitative estimate of drug-likeness (QED) is 0.782. The van der Waals surface area contributed by atoms with Gasteiger partial charge in [-0.1, -0.05) is 12.1 Å². The Morgan fingerprint density at radius 1 is 1.03 bits per heavy atom. The Labute approximate surface area is 174 Å². The third-order valence-corrected chi connectivity index (χ3v) is 7.42. The second-order valence-corrected chi connectivity index (χ2v) is 9.98. The van der Waals surface area contributed by atoms with E-state index in [2.05, 4.69) is 57.1 Å². The number of H-pyrrole nitrogens is 1. The summed E-state index contributed by atoms with van der Waals surface area (Å²) >= 11 is 0. The maximum atomic E-state index is 6.35. The summed E-state index contributed by atoms with van der Waals surface area (Å²) < 4.78 is 12.7. The Bertz CT molecular complexity index is 920. The molecule has 1 aromatic carbocycles. The van der Waals surface area contributed by atoms with Crippen molar-refractivity contribution in [3.63, 3.8) is 0 Å². The number of aromatic amines is 1. The predicted octanol–water partition coefficient (Wildman–Crippen LogP) is 3.68. The van der Waals surface area contributed by atoms with Crippen molar-refractivity contribution < 1.29 is 9.31 Å². The van der Waals surface area contributed by atoms with Gasteiger partial charge in [-0.3, -0.25) is 0 Å². The number of nitrogens with zero attached hydrogens (tertiary/aromatic N) is 1. The summed E-state index contributed by atoms with van der Waals surface area (Å²) in [5, 5.41) is 3.62. The fourth-order valence-corrected chi connectivity index (χ4v) is 4.97. The number of benzene rings is 1. The van der Waals surface area contributed by atoms with E-state index in [0.717, 1.165) is 30.8 Å². The molecule has 154 valence electrons. The standard InChI is InChI=1S/C23H32BN3O2/c1-14-9-12-19(26-14)21-25-13-20(27-21)17-10-11-18(16-8-6-7-15(16)17)24-28-22(2,3)23(4,5)29-24/h10-11,13-14,19,26H,6-9,12H2,1-5H3,(H,25,27)/t14-,19-/m0/s1. The van der Waals surface area contributed by atoms with Crippen LogP contribution in [0.3, 0.4) is 0 Å². The minimum atomic E-state index is -0.314. The van der Waals surface area contributed by atoms with Crippen molar-refractivity contribution in [1.29, 1.82) is 0 Å². The van der Waals surface area contributed by atoms with Crippen molar-refractivity contribution in [2.24, 2.45) is 0 Å². The van der Waals surface area contributed by atoms with Gasteiger partial charge in [-0.2, -0.15) is 0 Å². The van der Waals surface area contributed by atoms with Crippen LogP contribution in [0.1, 0.15) is 76.9 Å². The minimum Gasteiger partial charge on any atom is -0.399 e. The highest BCUT2D eigenvalue weighted by Gasteiger charge is 2.52. The highest BCUT2D eigenvalue weighted by Crippen LogP contribution is 2.38. The van der Waals surface area contributed by atoms with Gasteiger partial charge in [-0.25, -0.2) is 4.98 Å². The zero-order chi connectivity index (χ0) is 20.4. The van der Waals surface area contributed by atoms with Gasteiger partial charge in [0.1, 0.15) is 5.82 Å². The Balaban J connectivity index is 1.47. The average Bonchev–Trinajstić information content (AvgIpc) is 3.41. The van der Waals surface area contributed by atoms with E-state index in [1.165, 1.54) is 35.0 Å². The second kappa shape index (κ2) is 6.69. The van der Waals surface area contributed by atoms with Crippen LogP contribution in [-0.4, -0.2) is 34.3 Å². The third kappa shape index (κ3) is 3.16. The van der Waals surface area contributed by atoms with E-state index in [1.54, 1.807) is 0 Å². The van der Waals surface area contributed by atoms with Gasteiger partial charge in [0.05, 0.1) is 29.1 Å². The molecule has 0 bridgehead atoms. The summed E-state index contributed by atoms with van der Waals surface area (Å²) in [4.78, 5) is 8.31. The minimum absolute atomic E-state index is 0.289. The molecule has 2 aliphatic heterocycles. The van der Waals surface area contributed by atoms with Gasteiger partial charge in [0, 0.05) is 11.6 Å². The number of nitrogens with one attached hydrogen (secondary N) is 2. The van der Waals surface area contributed by atoms with Crippen LogP contribution < -0.4 is 10.8 Å². The molecule has 29 heavy (non-hydrogen) atoms. The lowest BCUT2D eigenvalue weighted by Gasteiger charge is -2.32. The van der Waals surface area contributed by atoms with Crippen molar-refractivity contribution >= 4 is 12.6 Å². The Morgan fingerprint density at radius 2 is 1.76 bits per heavy atom. The molecule has 1 aromatic heterocycles. The molecule has 5 rings (SSSR count). The molecule has 0 spiro atoms. The van der Waals surface area contributed by atoms with Gasteiger partial charge < -0.3 is 19.6 Å². The highest BCUT2D eigenvalue weighted by atomic mass is 16.7. The normalized spacial score (nSPS) is 27.6. The zero-order valence-corrected chi connectivity index (χ0v) is 18.3.